The Hall–Kier alpha value is -1.05. The van der Waals surface area contributed by atoms with Crippen LogP contribution in [0.2, 0.25) is 0 Å². The molecule has 0 saturated heterocycles. The maximum Gasteiger partial charge on any atom is 0.282 e. The molecule has 1 aromatic rings. The number of nitrogens with zero attached hydrogens (tertiary/aromatic N) is 1. The predicted molar refractivity (Wildman–Crippen MR) is 68.3 cm³/mol. The van der Waals surface area contributed by atoms with E-state index in [2.05, 4.69) is 5.32 Å². The summed E-state index contributed by atoms with van der Waals surface area (Å²) in [5.41, 5.74) is 1.14. The summed E-state index contributed by atoms with van der Waals surface area (Å²) in [7, 11) is 0. The number of thiophene rings is 1. The average molecular weight is 290 g/mol. The van der Waals surface area contributed by atoms with E-state index >= 15 is 0 Å². The number of aliphatic hydroxyl groups is 1. The normalized spacial score (nSPS) is 15.4. The molecule has 1 aliphatic heterocycles. The Balaban J connectivity index is 1.79. The number of alkyl halides is 2. The van der Waals surface area contributed by atoms with Gasteiger partial charge in [-0.1, -0.05) is 0 Å². The van der Waals surface area contributed by atoms with Crippen molar-refractivity contribution in [3.05, 3.63) is 21.9 Å². The Bertz CT molecular complexity index is 451. The summed E-state index contributed by atoms with van der Waals surface area (Å²) in [5.74, 6) is -3.37. The van der Waals surface area contributed by atoms with Gasteiger partial charge in [0.15, 0.2) is 0 Å². The van der Waals surface area contributed by atoms with E-state index in [-0.39, 0.29) is 12.5 Å². The molecule has 0 aromatic carbocycles. The molecular weight excluding hydrogens is 274 g/mol. The topological polar surface area (TPSA) is 52.6 Å². The molecular formula is C12H16F2N2O2S. The number of hydrogen-bond donors (Lipinski definition) is 2. The van der Waals surface area contributed by atoms with Gasteiger partial charge in [-0.15, -0.1) is 11.3 Å². The van der Waals surface area contributed by atoms with Crippen LogP contribution >= 0.6 is 11.3 Å². The maximum atomic E-state index is 12.8. The van der Waals surface area contributed by atoms with Gasteiger partial charge < -0.3 is 15.3 Å². The SMILES string of the molecule is O=C(CNCC(F)(F)CO)N1CCc2sccc2C1. The molecule has 2 N–H and O–H groups in total. The number of halogens is 2. The zero-order valence-corrected chi connectivity index (χ0v) is 11.2. The van der Waals surface area contributed by atoms with Crippen LogP contribution in [0.25, 0.3) is 0 Å². The molecule has 0 spiro atoms. The number of rotatable bonds is 5. The van der Waals surface area contributed by atoms with Crippen molar-refractivity contribution < 1.29 is 18.7 Å². The number of aliphatic hydroxyl groups excluding tert-OH is 1. The molecule has 1 amide bonds. The Morgan fingerprint density at radius 1 is 1.58 bits per heavy atom. The zero-order valence-electron chi connectivity index (χ0n) is 10.4. The first-order valence-electron chi connectivity index (χ1n) is 6.04. The van der Waals surface area contributed by atoms with Crippen molar-refractivity contribution in [2.75, 3.05) is 26.2 Å². The summed E-state index contributed by atoms with van der Waals surface area (Å²) < 4.78 is 25.5. The van der Waals surface area contributed by atoms with Gasteiger partial charge in [0, 0.05) is 18.0 Å². The predicted octanol–water partition coefficient (Wildman–Crippen LogP) is 0.850. The molecule has 7 heteroatoms. The standard InChI is InChI=1S/C12H16F2N2O2S/c13-12(14,8-17)7-15-5-11(18)16-3-1-10-9(6-16)2-4-19-10/h2,4,15,17H,1,3,5-8H2. The average Bonchev–Trinajstić information content (AvgIpc) is 2.85. The summed E-state index contributed by atoms with van der Waals surface area (Å²) in [6.45, 7) is -0.849. The van der Waals surface area contributed by atoms with Gasteiger partial charge in [0.05, 0.1) is 13.1 Å². The highest BCUT2D eigenvalue weighted by Crippen LogP contribution is 2.23. The maximum absolute atomic E-state index is 12.8. The van der Waals surface area contributed by atoms with E-state index in [0.717, 1.165) is 12.0 Å². The van der Waals surface area contributed by atoms with Crippen molar-refractivity contribution >= 4 is 17.2 Å². The molecule has 106 valence electrons. The van der Waals surface area contributed by atoms with Gasteiger partial charge in [-0.3, -0.25) is 4.79 Å². The fourth-order valence-corrected chi connectivity index (χ4v) is 2.87. The van der Waals surface area contributed by atoms with Gasteiger partial charge in [0.25, 0.3) is 5.92 Å². The zero-order chi connectivity index (χ0) is 13.9. The monoisotopic (exact) mass is 290 g/mol. The number of amides is 1. The van der Waals surface area contributed by atoms with E-state index in [4.69, 9.17) is 5.11 Å². The first-order chi connectivity index (χ1) is 9.02. The third kappa shape index (κ3) is 3.71. The molecule has 4 nitrogen and oxygen atoms in total. The van der Waals surface area contributed by atoms with E-state index in [0.29, 0.717) is 13.1 Å². The number of nitrogens with one attached hydrogen (secondary N) is 1. The van der Waals surface area contributed by atoms with Gasteiger partial charge in [-0.05, 0) is 23.4 Å². The summed E-state index contributed by atoms with van der Waals surface area (Å²) in [5, 5.41) is 12.8. The van der Waals surface area contributed by atoms with Crippen LogP contribution in [0, 0.1) is 0 Å². The van der Waals surface area contributed by atoms with Crippen LogP contribution < -0.4 is 5.32 Å². The van der Waals surface area contributed by atoms with Crippen molar-refractivity contribution in [2.24, 2.45) is 0 Å². The van der Waals surface area contributed by atoms with Crippen LogP contribution in [0.15, 0.2) is 11.4 Å². The van der Waals surface area contributed by atoms with E-state index in [1.165, 1.54) is 4.88 Å². The van der Waals surface area contributed by atoms with Gasteiger partial charge in [0.2, 0.25) is 5.91 Å². The highest BCUT2D eigenvalue weighted by molar-refractivity contribution is 7.10. The smallest absolute Gasteiger partial charge is 0.282 e. The molecule has 0 saturated carbocycles. The summed E-state index contributed by atoms with van der Waals surface area (Å²) in [4.78, 5) is 14.8. The summed E-state index contributed by atoms with van der Waals surface area (Å²) >= 11 is 1.68. The highest BCUT2D eigenvalue weighted by Gasteiger charge is 2.28. The second kappa shape index (κ2) is 5.94. The minimum atomic E-state index is -3.18. The lowest BCUT2D eigenvalue weighted by Crippen LogP contribution is -2.44. The molecule has 0 radical (unpaired) electrons. The Kier molecular flexibility index (Phi) is 4.49. The first kappa shape index (κ1) is 14.4. The highest BCUT2D eigenvalue weighted by atomic mass is 32.1. The van der Waals surface area contributed by atoms with Crippen LogP contribution in [0.3, 0.4) is 0 Å². The fraction of sp³-hybridized carbons (Fsp3) is 0.583. The minimum absolute atomic E-state index is 0.130. The molecule has 0 fully saturated rings. The number of fused-ring (bicyclic) bond motifs is 1. The molecule has 0 aliphatic carbocycles. The molecule has 2 rings (SSSR count). The second-order valence-corrected chi connectivity index (χ2v) is 5.55. The van der Waals surface area contributed by atoms with Crippen molar-refractivity contribution in [2.45, 2.75) is 18.9 Å². The number of carbonyl (C=O) groups excluding carboxylic acids is 1. The third-order valence-electron chi connectivity index (χ3n) is 3.05. The molecule has 2 heterocycles. The van der Waals surface area contributed by atoms with Crippen LogP contribution in [0.4, 0.5) is 8.78 Å². The van der Waals surface area contributed by atoms with Gasteiger partial charge >= 0.3 is 0 Å². The van der Waals surface area contributed by atoms with Gasteiger partial charge in [0.1, 0.15) is 6.61 Å². The van der Waals surface area contributed by atoms with Crippen LogP contribution in [0.5, 0.6) is 0 Å². The summed E-state index contributed by atoms with van der Waals surface area (Å²) in [6.07, 6.45) is 0.825. The molecule has 0 bridgehead atoms. The van der Waals surface area contributed by atoms with Gasteiger partial charge in [-0.25, -0.2) is 8.78 Å². The van der Waals surface area contributed by atoms with E-state index < -0.39 is 19.1 Å². The largest absolute Gasteiger partial charge is 0.390 e. The van der Waals surface area contributed by atoms with Crippen molar-refractivity contribution in [1.82, 2.24) is 10.2 Å². The second-order valence-electron chi connectivity index (χ2n) is 4.55. The van der Waals surface area contributed by atoms with Crippen molar-refractivity contribution in [1.29, 1.82) is 0 Å². The third-order valence-corrected chi connectivity index (χ3v) is 4.07. The Morgan fingerprint density at radius 2 is 2.37 bits per heavy atom. The van der Waals surface area contributed by atoms with E-state index in [1.54, 1.807) is 16.2 Å². The Labute approximate surface area is 114 Å². The summed E-state index contributed by atoms with van der Waals surface area (Å²) in [6, 6.07) is 1.99. The van der Waals surface area contributed by atoms with Crippen LogP contribution in [0.1, 0.15) is 10.4 Å². The number of carbonyl (C=O) groups is 1. The molecule has 1 aliphatic rings. The van der Waals surface area contributed by atoms with Gasteiger partial charge in [-0.2, -0.15) is 0 Å². The molecule has 19 heavy (non-hydrogen) atoms. The van der Waals surface area contributed by atoms with Crippen LogP contribution in [-0.4, -0.2) is 48.1 Å². The molecule has 1 aromatic heterocycles. The van der Waals surface area contributed by atoms with E-state index in [9.17, 15) is 13.6 Å². The lowest BCUT2D eigenvalue weighted by molar-refractivity contribution is -0.131. The first-order valence-corrected chi connectivity index (χ1v) is 6.92. The molecule has 0 unspecified atom stereocenters. The Morgan fingerprint density at radius 3 is 3.11 bits per heavy atom. The quantitative estimate of drug-likeness (QED) is 0.845. The number of hydrogen-bond acceptors (Lipinski definition) is 4. The lowest BCUT2D eigenvalue weighted by atomic mass is 10.1. The van der Waals surface area contributed by atoms with Crippen molar-refractivity contribution in [3.63, 3.8) is 0 Å². The van der Waals surface area contributed by atoms with Crippen molar-refractivity contribution in [3.8, 4) is 0 Å². The lowest BCUT2D eigenvalue weighted by Gasteiger charge is -2.27. The van der Waals surface area contributed by atoms with Crippen LogP contribution in [-0.2, 0) is 17.8 Å². The van der Waals surface area contributed by atoms with E-state index in [1.807, 2.05) is 11.4 Å². The molecule has 0 atom stereocenters. The fourth-order valence-electron chi connectivity index (χ4n) is 1.98. The minimum Gasteiger partial charge on any atom is -0.390 e.